The Morgan fingerprint density at radius 2 is 2.28 bits per heavy atom. The first-order valence-electron chi connectivity index (χ1n) is 5.63. The molecule has 0 saturated heterocycles. The van der Waals surface area contributed by atoms with Crippen LogP contribution < -0.4 is 10.6 Å². The molecule has 1 rings (SSSR count). The van der Waals surface area contributed by atoms with Crippen LogP contribution in [0.5, 0.6) is 0 Å². The van der Waals surface area contributed by atoms with Gasteiger partial charge < -0.3 is 15.7 Å². The van der Waals surface area contributed by atoms with Gasteiger partial charge in [0.1, 0.15) is 0 Å². The number of amides is 2. The van der Waals surface area contributed by atoms with Gasteiger partial charge >= 0.3 is 6.03 Å². The molecule has 100 valence electrons. The first kappa shape index (κ1) is 15.3. The van der Waals surface area contributed by atoms with E-state index in [1.54, 1.807) is 18.2 Å². The third-order valence-electron chi connectivity index (χ3n) is 2.41. The van der Waals surface area contributed by atoms with Gasteiger partial charge in [0.05, 0.1) is 10.7 Å². The van der Waals surface area contributed by atoms with E-state index in [0.29, 0.717) is 23.7 Å². The molecular weight excluding hydrogens is 320 g/mol. The zero-order valence-corrected chi connectivity index (χ0v) is 12.4. The molecule has 0 aliphatic carbocycles. The van der Waals surface area contributed by atoms with Crippen molar-refractivity contribution in [3.05, 3.63) is 27.7 Å². The molecule has 3 N–H and O–H groups in total. The fourth-order valence-corrected chi connectivity index (χ4v) is 2.07. The number of hydrogen-bond donors (Lipinski definition) is 3. The lowest BCUT2D eigenvalue weighted by Crippen LogP contribution is -2.32. The molecule has 2 amide bonds. The zero-order valence-electron chi connectivity index (χ0n) is 10.0. The van der Waals surface area contributed by atoms with Crippen molar-refractivity contribution < 1.29 is 9.90 Å². The largest absolute Gasteiger partial charge is 0.396 e. The highest BCUT2D eigenvalue weighted by molar-refractivity contribution is 9.10. The van der Waals surface area contributed by atoms with Crippen molar-refractivity contribution in [1.82, 2.24) is 5.32 Å². The topological polar surface area (TPSA) is 61.4 Å². The van der Waals surface area contributed by atoms with Gasteiger partial charge in [-0.25, -0.2) is 4.79 Å². The summed E-state index contributed by atoms with van der Waals surface area (Å²) in [6.45, 7) is 2.60. The number of urea groups is 1. The number of rotatable bonds is 5. The molecule has 0 heterocycles. The van der Waals surface area contributed by atoms with Crippen molar-refractivity contribution in [1.29, 1.82) is 0 Å². The summed E-state index contributed by atoms with van der Waals surface area (Å²) in [5.41, 5.74) is 0.562. The van der Waals surface area contributed by atoms with E-state index in [4.69, 9.17) is 16.7 Å². The van der Waals surface area contributed by atoms with Crippen LogP contribution in [0, 0.1) is 5.92 Å². The monoisotopic (exact) mass is 334 g/mol. The van der Waals surface area contributed by atoms with Crippen LogP contribution in [0.25, 0.3) is 0 Å². The van der Waals surface area contributed by atoms with Crippen LogP contribution in [0.2, 0.25) is 5.02 Å². The van der Waals surface area contributed by atoms with Crippen molar-refractivity contribution in [2.75, 3.05) is 18.5 Å². The Balaban J connectivity index is 2.44. The van der Waals surface area contributed by atoms with Gasteiger partial charge in [0, 0.05) is 17.6 Å². The molecule has 0 aromatic heterocycles. The molecule has 18 heavy (non-hydrogen) atoms. The van der Waals surface area contributed by atoms with Crippen LogP contribution in [-0.4, -0.2) is 24.3 Å². The molecule has 0 fully saturated rings. The summed E-state index contributed by atoms with van der Waals surface area (Å²) >= 11 is 9.27. The van der Waals surface area contributed by atoms with E-state index in [9.17, 15) is 4.79 Å². The predicted octanol–water partition coefficient (Wildman–Crippen LogP) is 3.24. The zero-order chi connectivity index (χ0) is 13.5. The standard InChI is InChI=1S/C12H16BrClN2O2/c1-8(4-5-17)7-15-12(18)16-11-3-2-9(13)6-10(11)14/h2-3,6,8,17H,4-5,7H2,1H3,(H2,15,16,18). The summed E-state index contributed by atoms with van der Waals surface area (Å²) in [7, 11) is 0. The minimum Gasteiger partial charge on any atom is -0.396 e. The van der Waals surface area contributed by atoms with Crippen LogP contribution in [0.4, 0.5) is 10.5 Å². The fourth-order valence-electron chi connectivity index (χ4n) is 1.35. The Labute approximate surface area is 120 Å². The van der Waals surface area contributed by atoms with Crippen LogP contribution in [0.1, 0.15) is 13.3 Å². The van der Waals surface area contributed by atoms with Gasteiger partial charge in [-0.1, -0.05) is 34.5 Å². The van der Waals surface area contributed by atoms with Gasteiger partial charge in [-0.05, 0) is 30.5 Å². The fraction of sp³-hybridized carbons (Fsp3) is 0.417. The number of nitrogens with one attached hydrogen (secondary N) is 2. The minimum atomic E-state index is -0.302. The molecule has 6 heteroatoms. The molecule has 0 aliphatic heterocycles. The van der Waals surface area contributed by atoms with Gasteiger partial charge in [0.2, 0.25) is 0 Å². The average Bonchev–Trinajstić information content (AvgIpc) is 2.31. The lowest BCUT2D eigenvalue weighted by Gasteiger charge is -2.12. The number of hydrogen-bond acceptors (Lipinski definition) is 2. The molecule has 1 aromatic rings. The summed E-state index contributed by atoms with van der Waals surface area (Å²) in [6, 6.07) is 4.94. The molecular formula is C12H16BrClN2O2. The van der Waals surface area contributed by atoms with E-state index in [2.05, 4.69) is 26.6 Å². The third-order valence-corrected chi connectivity index (χ3v) is 3.22. The molecule has 1 unspecified atom stereocenters. The maximum absolute atomic E-state index is 11.6. The molecule has 0 aliphatic rings. The van der Waals surface area contributed by atoms with Crippen LogP contribution >= 0.6 is 27.5 Å². The second-order valence-corrected chi connectivity index (χ2v) is 5.40. The lowest BCUT2D eigenvalue weighted by atomic mass is 10.1. The first-order chi connectivity index (χ1) is 8.52. The Morgan fingerprint density at radius 1 is 1.56 bits per heavy atom. The molecule has 0 saturated carbocycles. The molecule has 4 nitrogen and oxygen atoms in total. The van der Waals surface area contributed by atoms with Crippen molar-refractivity contribution in [3.8, 4) is 0 Å². The molecule has 1 aromatic carbocycles. The summed E-state index contributed by atoms with van der Waals surface area (Å²) < 4.78 is 0.857. The third kappa shape index (κ3) is 5.25. The Hall–Kier alpha value is -0.780. The highest BCUT2D eigenvalue weighted by Crippen LogP contribution is 2.25. The summed E-state index contributed by atoms with van der Waals surface area (Å²) in [6.07, 6.45) is 0.666. The molecule has 1 atom stereocenters. The van der Waals surface area contributed by atoms with Crippen molar-refractivity contribution in [2.24, 2.45) is 5.92 Å². The van der Waals surface area contributed by atoms with E-state index in [1.165, 1.54) is 0 Å². The van der Waals surface area contributed by atoms with Gasteiger partial charge in [-0.15, -0.1) is 0 Å². The molecule has 0 radical (unpaired) electrons. The van der Waals surface area contributed by atoms with Crippen molar-refractivity contribution in [2.45, 2.75) is 13.3 Å². The highest BCUT2D eigenvalue weighted by atomic mass is 79.9. The number of aliphatic hydroxyl groups is 1. The summed E-state index contributed by atoms with van der Waals surface area (Å²) in [5.74, 6) is 0.237. The maximum Gasteiger partial charge on any atom is 0.319 e. The number of anilines is 1. The Morgan fingerprint density at radius 3 is 2.89 bits per heavy atom. The smallest absolute Gasteiger partial charge is 0.319 e. The molecule has 0 spiro atoms. The van der Waals surface area contributed by atoms with E-state index in [1.807, 2.05) is 6.92 Å². The number of benzene rings is 1. The number of carbonyl (C=O) groups excluding carboxylic acids is 1. The van der Waals surface area contributed by atoms with E-state index < -0.39 is 0 Å². The summed E-state index contributed by atoms with van der Waals surface area (Å²) in [4.78, 5) is 11.6. The number of carbonyl (C=O) groups is 1. The first-order valence-corrected chi connectivity index (χ1v) is 6.80. The van der Waals surface area contributed by atoms with Gasteiger partial charge in [-0.3, -0.25) is 0 Å². The van der Waals surface area contributed by atoms with E-state index in [-0.39, 0.29) is 18.6 Å². The SMILES string of the molecule is CC(CCO)CNC(=O)Nc1ccc(Br)cc1Cl. The summed E-state index contributed by atoms with van der Waals surface area (Å²) in [5, 5.41) is 14.6. The second-order valence-electron chi connectivity index (χ2n) is 4.08. The number of aliphatic hydroxyl groups excluding tert-OH is 1. The Bertz CT molecular complexity index is 415. The average molecular weight is 336 g/mol. The highest BCUT2D eigenvalue weighted by Gasteiger charge is 2.07. The lowest BCUT2D eigenvalue weighted by molar-refractivity contribution is 0.243. The van der Waals surface area contributed by atoms with Crippen molar-refractivity contribution in [3.63, 3.8) is 0 Å². The van der Waals surface area contributed by atoms with Gasteiger partial charge in [0.25, 0.3) is 0 Å². The second kappa shape index (κ2) is 7.61. The minimum absolute atomic E-state index is 0.128. The van der Waals surface area contributed by atoms with Crippen LogP contribution in [-0.2, 0) is 0 Å². The van der Waals surface area contributed by atoms with Gasteiger partial charge in [-0.2, -0.15) is 0 Å². The normalized spacial score (nSPS) is 12.0. The quantitative estimate of drug-likeness (QED) is 0.773. The van der Waals surface area contributed by atoms with Crippen LogP contribution in [0.3, 0.4) is 0 Å². The van der Waals surface area contributed by atoms with E-state index >= 15 is 0 Å². The van der Waals surface area contributed by atoms with Crippen molar-refractivity contribution >= 4 is 39.2 Å². The van der Waals surface area contributed by atoms with Gasteiger partial charge in [0.15, 0.2) is 0 Å². The van der Waals surface area contributed by atoms with E-state index in [0.717, 1.165) is 4.47 Å². The maximum atomic E-state index is 11.6. The number of halogens is 2. The van der Waals surface area contributed by atoms with Crippen LogP contribution in [0.15, 0.2) is 22.7 Å². The predicted molar refractivity (Wildman–Crippen MR) is 77.0 cm³/mol. The molecule has 0 bridgehead atoms. The Kier molecular flexibility index (Phi) is 6.46.